The van der Waals surface area contributed by atoms with Crippen LogP contribution >= 0.6 is 27.7 Å². The summed E-state index contributed by atoms with van der Waals surface area (Å²) in [4.78, 5) is 1.37. The Hall–Kier alpha value is 0.01000. The molecule has 0 saturated heterocycles. The molecule has 0 aromatic heterocycles. The zero-order valence-electron chi connectivity index (χ0n) is 10.4. The van der Waals surface area contributed by atoms with Crippen LogP contribution in [0, 0.1) is 5.92 Å². The van der Waals surface area contributed by atoms with E-state index in [1.165, 1.54) is 28.6 Å². The van der Waals surface area contributed by atoms with Gasteiger partial charge in [-0.15, -0.1) is 11.8 Å². The van der Waals surface area contributed by atoms with E-state index in [2.05, 4.69) is 59.5 Å². The lowest BCUT2D eigenvalue weighted by molar-refractivity contribution is 0.329. The lowest BCUT2D eigenvalue weighted by atomic mass is 9.87. The first-order valence-corrected chi connectivity index (χ1v) is 7.96. The van der Waals surface area contributed by atoms with Gasteiger partial charge in [0.25, 0.3) is 0 Å². The van der Waals surface area contributed by atoms with Crippen LogP contribution in [-0.4, -0.2) is 18.3 Å². The van der Waals surface area contributed by atoms with Crippen molar-refractivity contribution in [2.45, 2.75) is 42.4 Å². The fourth-order valence-electron chi connectivity index (χ4n) is 2.50. The van der Waals surface area contributed by atoms with Crippen LogP contribution in [0.4, 0.5) is 0 Å². The smallest absolute Gasteiger partial charge is 0.0250 e. The van der Waals surface area contributed by atoms with E-state index in [-0.39, 0.29) is 0 Å². The number of thioether (sulfide) groups is 1. The van der Waals surface area contributed by atoms with E-state index in [4.69, 9.17) is 0 Å². The molecule has 2 rings (SSSR count). The topological polar surface area (TPSA) is 12.0 Å². The summed E-state index contributed by atoms with van der Waals surface area (Å²) in [5, 5.41) is 4.18. The fraction of sp³-hybridized carbons (Fsp3) is 0.571. The van der Waals surface area contributed by atoms with Gasteiger partial charge in [-0.25, -0.2) is 0 Å². The van der Waals surface area contributed by atoms with Crippen LogP contribution in [0.15, 0.2) is 33.6 Å². The number of hydrogen-bond acceptors (Lipinski definition) is 2. The second-order valence-electron chi connectivity index (χ2n) is 4.93. The molecule has 1 aliphatic rings. The van der Waals surface area contributed by atoms with Crippen molar-refractivity contribution >= 4 is 27.7 Å². The van der Waals surface area contributed by atoms with Crippen LogP contribution < -0.4 is 5.32 Å². The van der Waals surface area contributed by atoms with Gasteiger partial charge in [0, 0.05) is 20.7 Å². The highest BCUT2D eigenvalue weighted by Crippen LogP contribution is 2.36. The van der Waals surface area contributed by atoms with Crippen molar-refractivity contribution in [3.05, 3.63) is 28.7 Å². The minimum atomic E-state index is 0.662. The minimum absolute atomic E-state index is 0.662. The predicted octanol–water partition coefficient (Wildman–Crippen LogP) is 4.32. The molecular weight excluding hydrogens is 294 g/mol. The summed E-state index contributed by atoms with van der Waals surface area (Å²) in [6.45, 7) is 2.38. The highest BCUT2D eigenvalue weighted by molar-refractivity contribution is 9.10. The molecule has 0 aliphatic heterocycles. The average Bonchev–Trinajstić information content (AvgIpc) is 2.29. The van der Waals surface area contributed by atoms with Crippen molar-refractivity contribution in [1.82, 2.24) is 5.32 Å². The maximum absolute atomic E-state index is 3.54. The van der Waals surface area contributed by atoms with Gasteiger partial charge in [-0.2, -0.15) is 0 Å². The van der Waals surface area contributed by atoms with E-state index in [0.717, 1.165) is 5.92 Å². The molecule has 1 saturated carbocycles. The standard InChI is InChI=1S/C14H20BrNS/c1-10-6-7-13(16-2)14(8-10)17-12-5-3-4-11(15)9-12/h3-5,9-10,13-14,16H,6-8H2,1-2H3. The molecule has 0 spiro atoms. The van der Waals surface area contributed by atoms with E-state index in [9.17, 15) is 0 Å². The molecular formula is C14H20BrNS. The Morgan fingerprint density at radius 1 is 1.35 bits per heavy atom. The van der Waals surface area contributed by atoms with Gasteiger partial charge in [-0.1, -0.05) is 28.9 Å². The molecule has 1 aromatic rings. The van der Waals surface area contributed by atoms with Crippen LogP contribution in [-0.2, 0) is 0 Å². The van der Waals surface area contributed by atoms with Crippen molar-refractivity contribution in [3.63, 3.8) is 0 Å². The van der Waals surface area contributed by atoms with Gasteiger partial charge in [0.15, 0.2) is 0 Å². The number of halogens is 1. The van der Waals surface area contributed by atoms with E-state index >= 15 is 0 Å². The molecule has 17 heavy (non-hydrogen) atoms. The van der Waals surface area contributed by atoms with Crippen LogP contribution in [0.1, 0.15) is 26.2 Å². The largest absolute Gasteiger partial charge is 0.316 e. The Kier molecular flexibility index (Phi) is 4.95. The molecule has 3 unspecified atom stereocenters. The summed E-state index contributed by atoms with van der Waals surface area (Å²) in [7, 11) is 2.09. The highest BCUT2D eigenvalue weighted by atomic mass is 79.9. The van der Waals surface area contributed by atoms with Crippen molar-refractivity contribution in [1.29, 1.82) is 0 Å². The summed E-state index contributed by atoms with van der Waals surface area (Å²) in [5.74, 6) is 0.865. The van der Waals surface area contributed by atoms with E-state index in [1.807, 2.05) is 11.8 Å². The zero-order chi connectivity index (χ0) is 12.3. The first-order valence-electron chi connectivity index (χ1n) is 6.28. The van der Waals surface area contributed by atoms with Gasteiger partial charge in [-0.3, -0.25) is 0 Å². The SMILES string of the molecule is CNC1CCC(C)CC1Sc1cccc(Br)c1. The van der Waals surface area contributed by atoms with Crippen LogP contribution in [0.3, 0.4) is 0 Å². The predicted molar refractivity (Wildman–Crippen MR) is 79.6 cm³/mol. The Morgan fingerprint density at radius 2 is 2.18 bits per heavy atom. The maximum atomic E-state index is 3.54. The fourth-order valence-corrected chi connectivity index (χ4v) is 4.62. The minimum Gasteiger partial charge on any atom is -0.316 e. The van der Waals surface area contributed by atoms with E-state index in [0.29, 0.717) is 11.3 Å². The Balaban J connectivity index is 2.04. The van der Waals surface area contributed by atoms with Crippen molar-refractivity contribution < 1.29 is 0 Å². The average molecular weight is 314 g/mol. The molecule has 94 valence electrons. The number of rotatable bonds is 3. The van der Waals surface area contributed by atoms with E-state index in [1.54, 1.807) is 0 Å². The van der Waals surface area contributed by atoms with Gasteiger partial charge in [0.05, 0.1) is 0 Å². The lowest BCUT2D eigenvalue weighted by Gasteiger charge is -2.34. The second-order valence-corrected chi connectivity index (χ2v) is 7.16. The third-order valence-electron chi connectivity index (χ3n) is 3.51. The van der Waals surface area contributed by atoms with Gasteiger partial charge < -0.3 is 5.32 Å². The van der Waals surface area contributed by atoms with Crippen molar-refractivity contribution in [3.8, 4) is 0 Å². The van der Waals surface area contributed by atoms with Gasteiger partial charge in [0.2, 0.25) is 0 Å². The van der Waals surface area contributed by atoms with E-state index < -0.39 is 0 Å². The first-order chi connectivity index (χ1) is 8.19. The summed E-state index contributed by atoms with van der Waals surface area (Å²) in [6, 6.07) is 9.30. The molecule has 1 fully saturated rings. The third-order valence-corrected chi connectivity index (χ3v) is 5.35. The lowest BCUT2D eigenvalue weighted by Crippen LogP contribution is -2.40. The molecule has 0 radical (unpaired) electrons. The molecule has 3 atom stereocenters. The molecule has 0 heterocycles. The number of benzene rings is 1. The van der Waals surface area contributed by atoms with Crippen LogP contribution in [0.5, 0.6) is 0 Å². The zero-order valence-corrected chi connectivity index (χ0v) is 12.9. The third kappa shape index (κ3) is 3.73. The van der Waals surface area contributed by atoms with Crippen molar-refractivity contribution in [2.75, 3.05) is 7.05 Å². The number of hydrogen-bond donors (Lipinski definition) is 1. The summed E-state index contributed by atoms with van der Waals surface area (Å²) < 4.78 is 1.17. The van der Waals surface area contributed by atoms with Crippen LogP contribution in [0.25, 0.3) is 0 Å². The van der Waals surface area contributed by atoms with Crippen LogP contribution in [0.2, 0.25) is 0 Å². The normalized spacial score (nSPS) is 29.2. The molecule has 3 heteroatoms. The Bertz CT molecular complexity index is 369. The maximum Gasteiger partial charge on any atom is 0.0250 e. The molecule has 1 aromatic carbocycles. The summed E-state index contributed by atoms with van der Waals surface area (Å²) in [5.41, 5.74) is 0. The number of nitrogens with one attached hydrogen (secondary N) is 1. The second kappa shape index (κ2) is 6.26. The summed E-state index contributed by atoms with van der Waals surface area (Å²) in [6.07, 6.45) is 3.99. The highest BCUT2D eigenvalue weighted by Gasteiger charge is 2.28. The molecule has 1 nitrogen and oxygen atoms in total. The van der Waals surface area contributed by atoms with Gasteiger partial charge in [-0.05, 0) is 50.4 Å². The van der Waals surface area contributed by atoms with Crippen molar-refractivity contribution in [2.24, 2.45) is 5.92 Å². The van der Waals surface area contributed by atoms with Gasteiger partial charge >= 0.3 is 0 Å². The molecule has 0 bridgehead atoms. The Labute approximate surface area is 117 Å². The molecule has 0 amide bonds. The molecule has 1 aliphatic carbocycles. The first kappa shape index (κ1) is 13.4. The monoisotopic (exact) mass is 313 g/mol. The molecule has 1 N–H and O–H groups in total. The Morgan fingerprint density at radius 3 is 2.88 bits per heavy atom. The quantitative estimate of drug-likeness (QED) is 0.892. The van der Waals surface area contributed by atoms with Gasteiger partial charge in [0.1, 0.15) is 0 Å². The summed E-state index contributed by atoms with van der Waals surface area (Å²) >= 11 is 5.56.